The molecule has 3 rings (SSSR count). The third kappa shape index (κ3) is 4.34. The minimum atomic E-state index is -0.0992. The van der Waals surface area contributed by atoms with E-state index in [0.717, 1.165) is 36.1 Å². The second-order valence-electron chi connectivity index (χ2n) is 6.38. The van der Waals surface area contributed by atoms with Gasteiger partial charge in [-0.25, -0.2) is 0 Å². The van der Waals surface area contributed by atoms with Crippen LogP contribution in [0, 0.1) is 0 Å². The van der Waals surface area contributed by atoms with Crippen LogP contribution in [0.15, 0.2) is 29.1 Å². The van der Waals surface area contributed by atoms with Crippen LogP contribution in [-0.4, -0.2) is 47.9 Å². The number of aromatic nitrogens is 1. The Morgan fingerprint density at radius 1 is 1.46 bits per heavy atom. The predicted octanol–water partition coefficient (Wildman–Crippen LogP) is 2.41. The maximum atomic E-state index is 12.5. The van der Waals surface area contributed by atoms with Crippen molar-refractivity contribution in [2.24, 2.45) is 0 Å². The first-order chi connectivity index (χ1) is 12.6. The number of aromatic amines is 1. The van der Waals surface area contributed by atoms with E-state index >= 15 is 0 Å². The second-order valence-corrected chi connectivity index (χ2v) is 6.76. The van der Waals surface area contributed by atoms with Crippen LogP contribution >= 0.6 is 12.2 Å². The lowest BCUT2D eigenvalue weighted by molar-refractivity contribution is 0.0898. The molecule has 26 heavy (non-hydrogen) atoms. The molecule has 140 valence electrons. The van der Waals surface area contributed by atoms with E-state index in [-0.39, 0.29) is 11.7 Å². The van der Waals surface area contributed by atoms with Gasteiger partial charge in [-0.05, 0) is 56.2 Å². The Labute approximate surface area is 158 Å². The third-order valence-corrected chi connectivity index (χ3v) is 4.98. The SMILES string of the molecule is CCOc1ccc2[nH]c(=O)c(CN(CC3CCCO3)C(=S)NC)cc2c1. The summed E-state index contributed by atoms with van der Waals surface area (Å²) in [7, 11) is 1.80. The lowest BCUT2D eigenvalue weighted by Crippen LogP contribution is -2.42. The lowest BCUT2D eigenvalue weighted by Gasteiger charge is -2.27. The van der Waals surface area contributed by atoms with Crippen molar-refractivity contribution in [2.75, 3.05) is 26.8 Å². The molecule has 0 amide bonds. The summed E-state index contributed by atoms with van der Waals surface area (Å²) in [5, 5.41) is 4.57. The number of rotatable bonds is 6. The summed E-state index contributed by atoms with van der Waals surface area (Å²) in [6, 6.07) is 7.59. The maximum absolute atomic E-state index is 12.5. The van der Waals surface area contributed by atoms with Crippen molar-refractivity contribution in [2.45, 2.75) is 32.4 Å². The van der Waals surface area contributed by atoms with Gasteiger partial charge in [-0.2, -0.15) is 0 Å². The standard InChI is InChI=1S/C19H25N3O3S/c1-3-24-15-6-7-17-13(10-15)9-14(18(23)21-17)11-22(19(26)20-2)12-16-5-4-8-25-16/h6-7,9-10,16H,3-5,8,11-12H2,1-2H3,(H,20,26)(H,21,23). The average Bonchev–Trinajstić information content (AvgIpc) is 3.14. The summed E-state index contributed by atoms with van der Waals surface area (Å²) in [5.74, 6) is 0.792. The number of benzene rings is 1. The van der Waals surface area contributed by atoms with Crippen molar-refractivity contribution >= 4 is 28.2 Å². The highest BCUT2D eigenvalue weighted by atomic mass is 32.1. The monoisotopic (exact) mass is 375 g/mol. The molecule has 2 N–H and O–H groups in total. The molecular weight excluding hydrogens is 350 g/mol. The molecule has 0 radical (unpaired) electrons. The van der Waals surface area contributed by atoms with Gasteiger partial charge in [0.2, 0.25) is 0 Å². The Kier molecular flexibility index (Phi) is 6.11. The summed E-state index contributed by atoms with van der Waals surface area (Å²) in [6.07, 6.45) is 2.25. The molecule has 0 saturated carbocycles. The number of nitrogens with one attached hydrogen (secondary N) is 2. The predicted molar refractivity (Wildman–Crippen MR) is 107 cm³/mol. The van der Waals surface area contributed by atoms with E-state index in [0.29, 0.717) is 30.4 Å². The number of H-pyrrole nitrogens is 1. The van der Waals surface area contributed by atoms with Crippen LogP contribution in [0.3, 0.4) is 0 Å². The molecule has 6 nitrogen and oxygen atoms in total. The van der Waals surface area contributed by atoms with Gasteiger partial charge in [-0.15, -0.1) is 0 Å². The molecule has 1 aliphatic heterocycles. The average molecular weight is 375 g/mol. The summed E-state index contributed by atoms with van der Waals surface area (Å²) in [5.41, 5.74) is 1.36. The molecule has 1 aromatic heterocycles. The molecule has 7 heteroatoms. The van der Waals surface area contributed by atoms with Crippen LogP contribution in [-0.2, 0) is 11.3 Å². The van der Waals surface area contributed by atoms with Crippen molar-refractivity contribution in [3.05, 3.63) is 40.2 Å². The van der Waals surface area contributed by atoms with Crippen LogP contribution in [0.25, 0.3) is 10.9 Å². The molecule has 0 spiro atoms. The Morgan fingerprint density at radius 2 is 2.31 bits per heavy atom. The molecule has 1 fully saturated rings. The molecule has 1 atom stereocenters. The maximum Gasteiger partial charge on any atom is 0.253 e. The Hall–Kier alpha value is -2.12. The second kappa shape index (κ2) is 8.51. The molecule has 0 bridgehead atoms. The normalized spacial score (nSPS) is 16.6. The van der Waals surface area contributed by atoms with Gasteiger partial charge >= 0.3 is 0 Å². The van der Waals surface area contributed by atoms with E-state index in [1.165, 1.54) is 0 Å². The van der Waals surface area contributed by atoms with Crippen LogP contribution in [0.5, 0.6) is 5.75 Å². The van der Waals surface area contributed by atoms with Crippen LogP contribution in [0.2, 0.25) is 0 Å². The number of pyridine rings is 1. The zero-order chi connectivity index (χ0) is 18.5. The van der Waals surface area contributed by atoms with E-state index in [1.54, 1.807) is 7.05 Å². The number of ether oxygens (including phenoxy) is 2. The highest BCUT2D eigenvalue weighted by Crippen LogP contribution is 2.20. The molecule has 1 aliphatic rings. The fourth-order valence-electron chi connectivity index (χ4n) is 3.22. The van der Waals surface area contributed by atoms with E-state index < -0.39 is 0 Å². The van der Waals surface area contributed by atoms with E-state index in [1.807, 2.05) is 36.1 Å². The van der Waals surface area contributed by atoms with Crippen LogP contribution < -0.4 is 15.6 Å². The molecule has 2 heterocycles. The number of fused-ring (bicyclic) bond motifs is 1. The van der Waals surface area contributed by atoms with E-state index in [4.69, 9.17) is 21.7 Å². The van der Waals surface area contributed by atoms with Gasteiger partial charge in [0.1, 0.15) is 5.75 Å². The molecule has 2 aromatic rings. The minimum Gasteiger partial charge on any atom is -0.494 e. The smallest absolute Gasteiger partial charge is 0.253 e. The van der Waals surface area contributed by atoms with Crippen molar-refractivity contribution in [3.8, 4) is 5.75 Å². The zero-order valence-corrected chi connectivity index (χ0v) is 16.0. The fraction of sp³-hybridized carbons (Fsp3) is 0.474. The topological polar surface area (TPSA) is 66.6 Å². The summed E-state index contributed by atoms with van der Waals surface area (Å²) < 4.78 is 11.3. The lowest BCUT2D eigenvalue weighted by atomic mass is 10.1. The largest absolute Gasteiger partial charge is 0.494 e. The van der Waals surface area contributed by atoms with Crippen molar-refractivity contribution in [1.29, 1.82) is 0 Å². The molecular formula is C19H25N3O3S. The van der Waals surface area contributed by atoms with Crippen molar-refractivity contribution in [3.63, 3.8) is 0 Å². The number of nitrogens with zero attached hydrogens (tertiary/aromatic N) is 1. The van der Waals surface area contributed by atoms with Crippen LogP contribution in [0.1, 0.15) is 25.3 Å². The zero-order valence-electron chi connectivity index (χ0n) is 15.2. The highest BCUT2D eigenvalue weighted by molar-refractivity contribution is 7.80. The van der Waals surface area contributed by atoms with Gasteiger partial charge in [0, 0.05) is 36.7 Å². The molecule has 1 saturated heterocycles. The van der Waals surface area contributed by atoms with Gasteiger partial charge in [0.05, 0.1) is 19.3 Å². The van der Waals surface area contributed by atoms with Gasteiger partial charge in [-0.3, -0.25) is 4.79 Å². The third-order valence-electron chi connectivity index (χ3n) is 4.51. The van der Waals surface area contributed by atoms with Crippen LogP contribution in [0.4, 0.5) is 0 Å². The first-order valence-corrected chi connectivity index (χ1v) is 9.38. The Morgan fingerprint density at radius 3 is 3.00 bits per heavy atom. The molecule has 1 unspecified atom stereocenters. The number of thiocarbonyl (C=S) groups is 1. The van der Waals surface area contributed by atoms with Crippen molar-refractivity contribution < 1.29 is 9.47 Å². The Balaban J connectivity index is 1.87. The first kappa shape index (κ1) is 18.7. The summed E-state index contributed by atoms with van der Waals surface area (Å²) >= 11 is 5.43. The van der Waals surface area contributed by atoms with Crippen molar-refractivity contribution in [1.82, 2.24) is 15.2 Å². The minimum absolute atomic E-state index is 0.0992. The Bertz CT molecular complexity index is 830. The fourth-order valence-corrected chi connectivity index (χ4v) is 3.36. The van der Waals surface area contributed by atoms with Gasteiger partial charge in [0.25, 0.3) is 5.56 Å². The van der Waals surface area contributed by atoms with Gasteiger partial charge < -0.3 is 24.7 Å². The number of hydrogen-bond donors (Lipinski definition) is 2. The summed E-state index contributed by atoms with van der Waals surface area (Å²) in [4.78, 5) is 17.5. The first-order valence-electron chi connectivity index (χ1n) is 8.97. The molecule has 1 aromatic carbocycles. The number of hydrogen-bond acceptors (Lipinski definition) is 4. The van der Waals surface area contributed by atoms with Gasteiger partial charge in [0.15, 0.2) is 5.11 Å². The quantitative estimate of drug-likeness (QED) is 0.756. The summed E-state index contributed by atoms with van der Waals surface area (Å²) in [6.45, 7) is 4.46. The van der Waals surface area contributed by atoms with E-state index in [2.05, 4.69) is 10.3 Å². The highest BCUT2D eigenvalue weighted by Gasteiger charge is 2.21. The van der Waals surface area contributed by atoms with E-state index in [9.17, 15) is 4.79 Å². The van der Waals surface area contributed by atoms with Gasteiger partial charge in [-0.1, -0.05) is 0 Å². The molecule has 0 aliphatic carbocycles.